The van der Waals surface area contributed by atoms with Gasteiger partial charge in [-0.25, -0.2) is 0 Å². The van der Waals surface area contributed by atoms with Crippen molar-refractivity contribution in [2.75, 3.05) is 0 Å². The number of allylic oxidation sites excluding steroid dienone is 2. The second kappa shape index (κ2) is 15.4. The quantitative estimate of drug-likeness (QED) is 0.147. The number of hydrogen-bond donors (Lipinski definition) is 0. The molecule has 4 aromatic rings. The molecule has 0 radical (unpaired) electrons. The molecule has 4 aliphatic rings. The van der Waals surface area contributed by atoms with Crippen LogP contribution in [0.5, 0.6) is 0 Å². The third-order valence-electron chi connectivity index (χ3n) is 14.4. The first-order chi connectivity index (χ1) is 25.9. The van der Waals surface area contributed by atoms with E-state index in [9.17, 15) is 0 Å². The number of hydrogen-bond acceptors (Lipinski definition) is 0. The van der Waals surface area contributed by atoms with Gasteiger partial charge >= 0.3 is 338 Å². The Morgan fingerprint density at radius 3 is 1.24 bits per heavy atom. The van der Waals surface area contributed by atoms with Crippen molar-refractivity contribution in [3.8, 4) is 22.3 Å². The Morgan fingerprint density at radius 1 is 0.519 bits per heavy atom. The second-order valence-electron chi connectivity index (χ2n) is 18.3. The van der Waals surface area contributed by atoms with Gasteiger partial charge in [-0.3, -0.25) is 0 Å². The van der Waals surface area contributed by atoms with Crippen molar-refractivity contribution in [1.82, 2.24) is 0 Å². The SMILES string of the molecule is Cc1ccc(-c2ccc(C)c3c2C=C(CC2CCCCC2)[CH]3[Zr]([Cl])([Cl])([CH]2C(CC3CCCCC3)=Cc3c(-c4ccc(C)cc4)ccc(C)c32)[SiH](C)C)cc1. The molecule has 2 saturated carbocycles. The van der Waals surface area contributed by atoms with Crippen LogP contribution in [0, 0.1) is 39.5 Å². The molecule has 0 aliphatic heterocycles. The Labute approximate surface area is 335 Å². The van der Waals surface area contributed by atoms with E-state index in [1.807, 2.05) is 0 Å². The molecule has 0 N–H and O–H groups in total. The number of halogens is 2. The van der Waals surface area contributed by atoms with E-state index in [1.165, 1.54) is 131 Å². The molecule has 0 nitrogen and oxygen atoms in total. The van der Waals surface area contributed by atoms with Gasteiger partial charge in [-0.05, 0) is 0 Å². The van der Waals surface area contributed by atoms with Crippen LogP contribution in [0.25, 0.3) is 34.4 Å². The van der Waals surface area contributed by atoms with Crippen LogP contribution in [-0.4, -0.2) is 5.92 Å². The predicted molar refractivity (Wildman–Crippen MR) is 237 cm³/mol. The average Bonchev–Trinajstić information content (AvgIpc) is 3.75. The fourth-order valence-electron chi connectivity index (χ4n) is 11.3. The van der Waals surface area contributed by atoms with E-state index in [1.54, 1.807) is 11.1 Å². The standard InChI is InChI=1S/2C24H27.C2H7Si.2ClH.Zr/c2*1-17-8-11-21(12-9-17)22-13-10-18(2)23-15-20(16-24(22)23)14-19-6-4-3-5-7-19;1-3-2;;;/h2*8-13,15-16,19H,3-7,14H2,1-2H3;3H,1-2H3;2*1H;/q;;;;;+2/p-2. The summed E-state index contributed by atoms with van der Waals surface area (Å²) in [5, 5.41) is 0. The molecule has 0 amide bonds. The van der Waals surface area contributed by atoms with Gasteiger partial charge in [0.05, 0.1) is 0 Å². The Kier molecular flexibility index (Phi) is 11.1. The zero-order valence-electron chi connectivity index (χ0n) is 33.7. The summed E-state index contributed by atoms with van der Waals surface area (Å²) < 4.78 is 0.272. The zero-order chi connectivity index (χ0) is 37.8. The van der Waals surface area contributed by atoms with Crippen LogP contribution in [0.2, 0.25) is 13.1 Å². The van der Waals surface area contributed by atoms with Crippen LogP contribution in [0.4, 0.5) is 0 Å². The van der Waals surface area contributed by atoms with Gasteiger partial charge in [0.2, 0.25) is 0 Å². The summed E-state index contributed by atoms with van der Waals surface area (Å²) in [6.07, 6.45) is 21.0. The maximum atomic E-state index is 9.16. The molecule has 283 valence electrons. The summed E-state index contributed by atoms with van der Waals surface area (Å²) in [7, 11) is 18.3. The summed E-state index contributed by atoms with van der Waals surface area (Å²) in [4.78, 5) is 0. The van der Waals surface area contributed by atoms with Crippen LogP contribution < -0.4 is 0 Å². The molecule has 0 heterocycles. The number of aryl methyl sites for hydroxylation is 4. The van der Waals surface area contributed by atoms with Crippen LogP contribution in [0.1, 0.15) is 129 Å². The fraction of sp³-hybridized carbons (Fsp3) is 0.440. The summed E-state index contributed by atoms with van der Waals surface area (Å²) in [6.45, 7) is 14.2. The Morgan fingerprint density at radius 2 is 0.889 bits per heavy atom. The third-order valence-corrected chi connectivity index (χ3v) is 66.2. The van der Waals surface area contributed by atoms with E-state index >= 15 is 0 Å². The molecule has 2 unspecified atom stereocenters. The van der Waals surface area contributed by atoms with Crippen molar-refractivity contribution >= 4 is 35.1 Å². The van der Waals surface area contributed by atoms with Crippen LogP contribution in [0.3, 0.4) is 0 Å². The Bertz CT molecular complexity index is 1950. The van der Waals surface area contributed by atoms with Gasteiger partial charge in [0.1, 0.15) is 0 Å². The second-order valence-corrected chi connectivity index (χ2v) is 60.9. The number of rotatable bonds is 9. The molecule has 54 heavy (non-hydrogen) atoms. The van der Waals surface area contributed by atoms with Gasteiger partial charge in [0.25, 0.3) is 0 Å². The van der Waals surface area contributed by atoms with Crippen LogP contribution in [0.15, 0.2) is 83.9 Å². The van der Waals surface area contributed by atoms with Gasteiger partial charge in [-0.15, -0.1) is 0 Å². The number of fused-ring (bicyclic) bond motifs is 2. The molecule has 4 aliphatic carbocycles. The molecule has 2 atom stereocenters. The fourth-order valence-corrected chi connectivity index (χ4v) is 42.8. The number of benzene rings is 4. The molecule has 8 rings (SSSR count). The molecule has 4 aromatic carbocycles. The van der Waals surface area contributed by atoms with Crippen molar-refractivity contribution in [1.29, 1.82) is 0 Å². The van der Waals surface area contributed by atoms with Gasteiger partial charge in [0, 0.05) is 0 Å². The van der Waals surface area contributed by atoms with E-state index in [-0.39, 0.29) is 7.25 Å². The summed E-state index contributed by atoms with van der Waals surface area (Å²) in [5.74, 6) is -0.270. The van der Waals surface area contributed by atoms with E-state index in [2.05, 4.69) is 126 Å². The maximum absolute atomic E-state index is 9.16. The van der Waals surface area contributed by atoms with E-state index in [0.29, 0.717) is 11.8 Å². The Balaban J connectivity index is 1.37. The first kappa shape index (κ1) is 38.9. The third kappa shape index (κ3) is 6.90. The first-order valence-corrected chi connectivity index (χ1v) is 37.6. The van der Waals surface area contributed by atoms with E-state index in [0.717, 1.165) is 12.8 Å². The van der Waals surface area contributed by atoms with Gasteiger partial charge in [0.15, 0.2) is 0 Å². The van der Waals surface area contributed by atoms with Gasteiger partial charge in [-0.2, -0.15) is 0 Å². The molecular weight excluding hydrogens is 791 g/mol. The Hall–Kier alpha value is -1.96. The predicted octanol–water partition coefficient (Wildman–Crippen LogP) is 15.8. The molecule has 0 bridgehead atoms. The van der Waals surface area contributed by atoms with Crippen molar-refractivity contribution in [3.05, 3.63) is 128 Å². The molecule has 0 saturated heterocycles. The molecule has 0 aromatic heterocycles. The van der Waals surface area contributed by atoms with Crippen molar-refractivity contribution < 1.29 is 15.6 Å². The minimum absolute atomic E-state index is 0.136. The normalized spacial score (nSPS) is 21.4. The van der Waals surface area contributed by atoms with Crippen molar-refractivity contribution in [3.63, 3.8) is 0 Å². The summed E-state index contributed by atoms with van der Waals surface area (Å²) in [6, 6.07) is 27.9. The van der Waals surface area contributed by atoms with Crippen molar-refractivity contribution in [2.24, 2.45) is 11.8 Å². The average molecular weight is 852 g/mol. The first-order valence-electron chi connectivity index (χ1n) is 21.3. The topological polar surface area (TPSA) is 0 Å². The van der Waals surface area contributed by atoms with E-state index < -0.39 is 21.5 Å². The molecule has 4 heteroatoms. The minimum atomic E-state index is -5.03. The van der Waals surface area contributed by atoms with E-state index in [4.69, 9.17) is 17.0 Å². The molecule has 2 fully saturated rings. The van der Waals surface area contributed by atoms with Gasteiger partial charge in [-0.1, -0.05) is 0 Å². The summed E-state index contributed by atoms with van der Waals surface area (Å²) in [5.41, 5.74) is 19.6. The van der Waals surface area contributed by atoms with Gasteiger partial charge < -0.3 is 0 Å². The van der Waals surface area contributed by atoms with Crippen LogP contribution in [-0.2, 0) is 15.6 Å². The van der Waals surface area contributed by atoms with Crippen LogP contribution >= 0.6 is 17.0 Å². The zero-order valence-corrected chi connectivity index (χ0v) is 38.8. The molecular formula is C50H61Cl2SiZr. The van der Waals surface area contributed by atoms with Crippen molar-refractivity contribution in [2.45, 2.75) is 125 Å². The monoisotopic (exact) mass is 849 g/mol. The summed E-state index contributed by atoms with van der Waals surface area (Å²) >= 11 is -5.03. The molecule has 0 spiro atoms.